The second-order valence-corrected chi connectivity index (χ2v) is 11.6. The second kappa shape index (κ2) is 10.9. The van der Waals surface area contributed by atoms with E-state index in [1.54, 1.807) is 49.5 Å². The van der Waals surface area contributed by atoms with Crippen LogP contribution in [0.4, 0.5) is 5.13 Å². The van der Waals surface area contributed by atoms with Crippen LogP contribution in [0.5, 0.6) is 11.5 Å². The van der Waals surface area contributed by atoms with Gasteiger partial charge >= 0.3 is 0 Å². The summed E-state index contributed by atoms with van der Waals surface area (Å²) in [5, 5.41) is 0.518. The van der Waals surface area contributed by atoms with E-state index < -0.39 is 9.84 Å². The van der Waals surface area contributed by atoms with E-state index in [9.17, 15) is 13.2 Å². The smallest absolute Gasteiger partial charge is 0.228 e. The van der Waals surface area contributed by atoms with Gasteiger partial charge in [0, 0.05) is 13.0 Å². The van der Waals surface area contributed by atoms with Gasteiger partial charge in [-0.2, -0.15) is 0 Å². The minimum absolute atomic E-state index is 0.0777. The fourth-order valence-corrected chi connectivity index (χ4v) is 6.49. The van der Waals surface area contributed by atoms with Crippen molar-refractivity contribution in [1.82, 2.24) is 4.98 Å². The first-order valence-electron chi connectivity index (χ1n) is 11.6. The third-order valence-corrected chi connectivity index (χ3v) is 8.93. The van der Waals surface area contributed by atoms with Crippen LogP contribution in [-0.4, -0.2) is 58.5 Å². The van der Waals surface area contributed by atoms with Crippen LogP contribution in [0.15, 0.2) is 41.3 Å². The van der Waals surface area contributed by atoms with Gasteiger partial charge in [0.05, 0.1) is 37.5 Å². The van der Waals surface area contributed by atoms with Crippen LogP contribution in [0.3, 0.4) is 0 Å². The highest BCUT2D eigenvalue weighted by atomic mass is 32.2. The SMILES string of the molecule is COc1ccc(OC)c2sc(N(CC3CCCO3)C(=O)CCCS(=O)(=O)c3ccc(C)cc3)nc12. The van der Waals surface area contributed by atoms with Crippen molar-refractivity contribution in [3.8, 4) is 11.5 Å². The van der Waals surface area contributed by atoms with Gasteiger partial charge in [0.25, 0.3) is 0 Å². The molecule has 35 heavy (non-hydrogen) atoms. The molecule has 2 heterocycles. The van der Waals surface area contributed by atoms with Crippen molar-refractivity contribution in [2.45, 2.75) is 43.6 Å². The van der Waals surface area contributed by atoms with Gasteiger partial charge in [-0.25, -0.2) is 13.4 Å². The highest BCUT2D eigenvalue weighted by Crippen LogP contribution is 2.40. The molecule has 0 saturated carbocycles. The summed E-state index contributed by atoms with van der Waals surface area (Å²) in [7, 11) is -0.304. The van der Waals surface area contributed by atoms with Crippen LogP contribution in [0.2, 0.25) is 0 Å². The molecule has 1 aliphatic rings. The molecule has 1 atom stereocenters. The zero-order chi connectivity index (χ0) is 25.0. The Labute approximate surface area is 209 Å². The van der Waals surface area contributed by atoms with E-state index >= 15 is 0 Å². The van der Waals surface area contributed by atoms with Crippen molar-refractivity contribution in [3.63, 3.8) is 0 Å². The number of methoxy groups -OCH3 is 2. The molecule has 0 bridgehead atoms. The molecule has 0 N–H and O–H groups in total. The van der Waals surface area contributed by atoms with Crippen molar-refractivity contribution in [1.29, 1.82) is 0 Å². The molecule has 10 heteroatoms. The number of sulfone groups is 1. The lowest BCUT2D eigenvalue weighted by Gasteiger charge is -2.23. The Morgan fingerprint density at radius 2 is 1.86 bits per heavy atom. The summed E-state index contributed by atoms with van der Waals surface area (Å²) in [5.74, 6) is 0.962. The average Bonchev–Trinajstić information content (AvgIpc) is 3.52. The topological polar surface area (TPSA) is 95.0 Å². The second-order valence-electron chi connectivity index (χ2n) is 8.52. The molecule has 2 aromatic carbocycles. The maximum absolute atomic E-state index is 13.4. The molecule has 1 aromatic heterocycles. The summed E-state index contributed by atoms with van der Waals surface area (Å²) in [4.78, 5) is 20.0. The Kier molecular flexibility index (Phi) is 7.93. The van der Waals surface area contributed by atoms with E-state index in [-0.39, 0.29) is 35.5 Å². The van der Waals surface area contributed by atoms with E-state index in [1.807, 2.05) is 13.0 Å². The molecule has 0 aliphatic carbocycles. The molecule has 3 aromatic rings. The standard InChI is InChI=1S/C25H30N2O6S2/c1-17-8-10-19(11-9-17)35(29,30)15-5-7-22(28)27(16-18-6-4-14-33-18)25-26-23-20(31-2)12-13-21(32-3)24(23)34-25/h8-13,18H,4-7,14-16H2,1-3H3. The Morgan fingerprint density at radius 3 is 2.51 bits per heavy atom. The zero-order valence-electron chi connectivity index (χ0n) is 20.2. The van der Waals surface area contributed by atoms with Gasteiger partial charge in [-0.1, -0.05) is 29.0 Å². The molecule has 1 fully saturated rings. The van der Waals surface area contributed by atoms with E-state index in [2.05, 4.69) is 0 Å². The Bertz CT molecular complexity index is 1240. The monoisotopic (exact) mass is 518 g/mol. The summed E-state index contributed by atoms with van der Waals surface area (Å²) in [6.07, 6.45) is 2.04. The number of aromatic nitrogens is 1. The van der Waals surface area contributed by atoms with Gasteiger partial charge in [-0.3, -0.25) is 9.69 Å². The van der Waals surface area contributed by atoms with E-state index in [4.69, 9.17) is 19.2 Å². The predicted octanol–water partition coefficient (Wildman–Crippen LogP) is 4.39. The lowest BCUT2D eigenvalue weighted by atomic mass is 10.2. The zero-order valence-corrected chi connectivity index (χ0v) is 21.8. The minimum atomic E-state index is -3.47. The number of carbonyl (C=O) groups is 1. The molecule has 0 radical (unpaired) electrons. The number of rotatable bonds is 10. The van der Waals surface area contributed by atoms with Crippen molar-refractivity contribution in [2.24, 2.45) is 0 Å². The van der Waals surface area contributed by atoms with Crippen LogP contribution >= 0.6 is 11.3 Å². The van der Waals surface area contributed by atoms with Crippen LogP contribution in [-0.2, 0) is 19.4 Å². The summed E-state index contributed by atoms with van der Waals surface area (Å²) >= 11 is 1.35. The number of carbonyl (C=O) groups excluding carboxylic acids is 1. The maximum Gasteiger partial charge on any atom is 0.228 e. The first kappa shape index (κ1) is 25.4. The third kappa shape index (κ3) is 5.76. The number of benzene rings is 2. The van der Waals surface area contributed by atoms with Gasteiger partial charge in [-0.05, 0) is 50.5 Å². The number of aryl methyl sites for hydroxylation is 1. The molecule has 1 saturated heterocycles. The number of ether oxygens (including phenoxy) is 3. The van der Waals surface area contributed by atoms with E-state index in [0.717, 1.165) is 23.1 Å². The Hall–Kier alpha value is -2.69. The van der Waals surface area contributed by atoms with Crippen LogP contribution in [0, 0.1) is 6.92 Å². The van der Waals surface area contributed by atoms with Crippen LogP contribution in [0.1, 0.15) is 31.2 Å². The number of hydrogen-bond donors (Lipinski definition) is 0. The molecule has 8 nitrogen and oxygen atoms in total. The number of hydrogen-bond acceptors (Lipinski definition) is 8. The summed E-state index contributed by atoms with van der Waals surface area (Å²) < 4.78 is 43.0. The molecule has 188 valence electrons. The number of fused-ring (bicyclic) bond motifs is 1. The number of thiazole rings is 1. The average molecular weight is 519 g/mol. The minimum Gasteiger partial charge on any atom is -0.495 e. The van der Waals surface area contributed by atoms with Crippen LogP contribution < -0.4 is 14.4 Å². The van der Waals surface area contributed by atoms with Crippen molar-refractivity contribution in [3.05, 3.63) is 42.0 Å². The first-order chi connectivity index (χ1) is 16.8. The van der Waals surface area contributed by atoms with Gasteiger partial charge in [0.2, 0.25) is 5.91 Å². The fourth-order valence-electron chi connectivity index (χ4n) is 4.08. The van der Waals surface area contributed by atoms with E-state index in [0.29, 0.717) is 35.3 Å². The highest BCUT2D eigenvalue weighted by molar-refractivity contribution is 7.91. The highest BCUT2D eigenvalue weighted by Gasteiger charge is 2.27. The Morgan fingerprint density at radius 1 is 1.14 bits per heavy atom. The number of nitrogens with zero attached hydrogens (tertiary/aromatic N) is 2. The normalized spacial score (nSPS) is 15.9. The predicted molar refractivity (Wildman–Crippen MR) is 137 cm³/mol. The molecule has 1 unspecified atom stereocenters. The van der Waals surface area contributed by atoms with Gasteiger partial charge < -0.3 is 14.2 Å². The fraction of sp³-hybridized carbons (Fsp3) is 0.440. The summed E-state index contributed by atoms with van der Waals surface area (Å²) in [5.41, 5.74) is 1.62. The largest absolute Gasteiger partial charge is 0.495 e. The summed E-state index contributed by atoms with van der Waals surface area (Å²) in [6.45, 7) is 2.95. The van der Waals surface area contributed by atoms with Gasteiger partial charge in [0.15, 0.2) is 15.0 Å². The first-order valence-corrected chi connectivity index (χ1v) is 14.0. The molecule has 1 amide bonds. The molecule has 4 rings (SSSR count). The van der Waals surface area contributed by atoms with E-state index in [1.165, 1.54) is 11.3 Å². The molecule has 1 aliphatic heterocycles. The van der Waals surface area contributed by atoms with Gasteiger partial charge in [-0.15, -0.1) is 0 Å². The van der Waals surface area contributed by atoms with Crippen molar-refractivity contribution >= 4 is 42.4 Å². The molecule has 0 spiro atoms. The molecular weight excluding hydrogens is 488 g/mol. The van der Waals surface area contributed by atoms with Crippen molar-refractivity contribution < 1.29 is 27.4 Å². The number of amides is 1. The number of anilines is 1. The van der Waals surface area contributed by atoms with Crippen molar-refractivity contribution in [2.75, 3.05) is 38.0 Å². The van der Waals surface area contributed by atoms with Gasteiger partial charge in [0.1, 0.15) is 21.7 Å². The quantitative estimate of drug-likeness (QED) is 0.393. The maximum atomic E-state index is 13.4. The third-order valence-electron chi connectivity index (χ3n) is 6.02. The molecular formula is C25H30N2O6S2. The van der Waals surface area contributed by atoms with Crippen LogP contribution in [0.25, 0.3) is 10.2 Å². The lowest BCUT2D eigenvalue weighted by Crippen LogP contribution is -2.37. The Balaban J connectivity index is 1.54. The lowest BCUT2D eigenvalue weighted by molar-refractivity contribution is -0.119. The summed E-state index contributed by atoms with van der Waals surface area (Å²) in [6, 6.07) is 10.4.